The maximum Gasteiger partial charge on any atom is 0.121 e. The van der Waals surface area contributed by atoms with E-state index in [9.17, 15) is 5.11 Å². The first-order valence-corrected chi connectivity index (χ1v) is 6.86. The number of ether oxygens (including phenoxy) is 1. The molecule has 0 fully saturated rings. The maximum atomic E-state index is 9.71. The van der Waals surface area contributed by atoms with Crippen LogP contribution in [-0.2, 0) is 0 Å². The van der Waals surface area contributed by atoms with E-state index in [-0.39, 0.29) is 19.1 Å². The molecule has 6 heteroatoms. The van der Waals surface area contributed by atoms with E-state index in [1.54, 1.807) is 18.2 Å². The third kappa shape index (κ3) is 6.45. The highest BCUT2D eigenvalue weighted by atomic mass is 35.5. The van der Waals surface area contributed by atoms with Gasteiger partial charge in [0.1, 0.15) is 18.5 Å². The van der Waals surface area contributed by atoms with E-state index < -0.39 is 6.10 Å². The Bertz CT molecular complexity index is 390. The van der Waals surface area contributed by atoms with Gasteiger partial charge in [-0.05, 0) is 24.6 Å². The average molecular weight is 308 g/mol. The number of benzene rings is 1. The van der Waals surface area contributed by atoms with Gasteiger partial charge in [0.05, 0.1) is 10.0 Å². The zero-order valence-electron chi connectivity index (χ0n) is 10.8. The molecule has 1 rings (SSSR count). The molecule has 0 spiro atoms. The zero-order chi connectivity index (χ0) is 14.3. The monoisotopic (exact) mass is 307 g/mol. The van der Waals surface area contributed by atoms with Crippen molar-refractivity contribution in [2.75, 3.05) is 26.3 Å². The topological polar surface area (TPSA) is 61.7 Å². The van der Waals surface area contributed by atoms with Gasteiger partial charge in [0.2, 0.25) is 0 Å². The number of hydrogen-bond donors (Lipinski definition) is 3. The van der Waals surface area contributed by atoms with Crippen molar-refractivity contribution in [2.45, 2.75) is 13.0 Å². The first-order valence-electron chi connectivity index (χ1n) is 6.10. The molecule has 0 heterocycles. The van der Waals surface area contributed by atoms with E-state index in [1.807, 2.05) is 6.92 Å². The summed E-state index contributed by atoms with van der Waals surface area (Å²) in [6.07, 6.45) is -0.625. The standard InChI is InChI=1S/C13H19Cl2NO3/c1-9(7-17)5-16-6-10(18)8-19-11-2-3-12(14)13(15)4-11/h2-4,9-10,16-18H,5-8H2,1H3. The Balaban J connectivity index is 2.25. The van der Waals surface area contributed by atoms with E-state index in [4.69, 9.17) is 33.0 Å². The maximum absolute atomic E-state index is 9.71. The van der Waals surface area contributed by atoms with Crippen LogP contribution in [0.2, 0.25) is 10.0 Å². The fourth-order valence-corrected chi connectivity index (χ4v) is 1.67. The van der Waals surface area contributed by atoms with Gasteiger partial charge >= 0.3 is 0 Å². The van der Waals surface area contributed by atoms with Crippen LogP contribution in [0.15, 0.2) is 18.2 Å². The fraction of sp³-hybridized carbons (Fsp3) is 0.538. The van der Waals surface area contributed by atoms with Crippen molar-refractivity contribution in [3.8, 4) is 5.75 Å². The molecular formula is C13H19Cl2NO3. The molecule has 0 amide bonds. The van der Waals surface area contributed by atoms with Crippen molar-refractivity contribution in [2.24, 2.45) is 5.92 Å². The van der Waals surface area contributed by atoms with Crippen LogP contribution in [0.1, 0.15) is 6.92 Å². The highest BCUT2D eigenvalue weighted by Crippen LogP contribution is 2.26. The number of halogens is 2. The summed E-state index contributed by atoms with van der Waals surface area (Å²) in [4.78, 5) is 0. The molecule has 108 valence electrons. The summed E-state index contributed by atoms with van der Waals surface area (Å²) in [5.41, 5.74) is 0. The summed E-state index contributed by atoms with van der Waals surface area (Å²) in [6, 6.07) is 4.95. The number of aliphatic hydroxyl groups is 2. The lowest BCUT2D eigenvalue weighted by molar-refractivity contribution is 0.104. The molecule has 1 aromatic rings. The minimum absolute atomic E-state index is 0.128. The number of hydrogen-bond acceptors (Lipinski definition) is 4. The molecule has 0 aliphatic heterocycles. The molecule has 0 aliphatic rings. The van der Waals surface area contributed by atoms with Gasteiger partial charge in [-0.3, -0.25) is 0 Å². The van der Waals surface area contributed by atoms with Crippen LogP contribution in [0.4, 0.5) is 0 Å². The highest BCUT2D eigenvalue weighted by Gasteiger charge is 2.07. The lowest BCUT2D eigenvalue weighted by Crippen LogP contribution is -2.34. The minimum Gasteiger partial charge on any atom is -0.491 e. The molecule has 2 atom stereocenters. The van der Waals surface area contributed by atoms with Crippen molar-refractivity contribution < 1.29 is 14.9 Å². The van der Waals surface area contributed by atoms with Gasteiger partial charge in [0.25, 0.3) is 0 Å². The third-order valence-electron chi connectivity index (χ3n) is 2.52. The Kier molecular flexibility index (Phi) is 7.49. The largest absolute Gasteiger partial charge is 0.491 e. The Hall–Kier alpha value is -0.520. The molecule has 0 bridgehead atoms. The smallest absolute Gasteiger partial charge is 0.121 e. The van der Waals surface area contributed by atoms with Gasteiger partial charge in [0, 0.05) is 19.2 Å². The Labute approximate surface area is 123 Å². The van der Waals surface area contributed by atoms with Crippen molar-refractivity contribution in [1.29, 1.82) is 0 Å². The first-order chi connectivity index (χ1) is 9.02. The summed E-state index contributed by atoms with van der Waals surface area (Å²) >= 11 is 11.6. The van der Waals surface area contributed by atoms with Crippen LogP contribution in [0.3, 0.4) is 0 Å². The molecule has 19 heavy (non-hydrogen) atoms. The molecule has 0 aliphatic carbocycles. The summed E-state index contributed by atoms with van der Waals surface area (Å²) in [5, 5.41) is 22.5. The molecule has 0 radical (unpaired) electrons. The van der Waals surface area contributed by atoms with Crippen molar-refractivity contribution >= 4 is 23.2 Å². The minimum atomic E-state index is -0.625. The van der Waals surface area contributed by atoms with Gasteiger partial charge in [0.15, 0.2) is 0 Å². The Morgan fingerprint density at radius 1 is 1.26 bits per heavy atom. The summed E-state index contributed by atoms with van der Waals surface area (Å²) in [6.45, 7) is 3.28. The van der Waals surface area contributed by atoms with Crippen molar-refractivity contribution in [1.82, 2.24) is 5.32 Å². The molecule has 4 nitrogen and oxygen atoms in total. The predicted molar refractivity (Wildman–Crippen MR) is 77.1 cm³/mol. The van der Waals surface area contributed by atoms with Crippen LogP contribution in [0, 0.1) is 5.92 Å². The van der Waals surface area contributed by atoms with Crippen LogP contribution in [0.25, 0.3) is 0 Å². The van der Waals surface area contributed by atoms with Gasteiger partial charge in [-0.1, -0.05) is 30.1 Å². The molecule has 0 aromatic heterocycles. The van der Waals surface area contributed by atoms with E-state index in [0.717, 1.165) is 0 Å². The Morgan fingerprint density at radius 3 is 2.63 bits per heavy atom. The van der Waals surface area contributed by atoms with Gasteiger partial charge in [-0.2, -0.15) is 0 Å². The fourth-order valence-electron chi connectivity index (χ4n) is 1.38. The molecule has 0 saturated heterocycles. The van der Waals surface area contributed by atoms with Crippen LogP contribution in [-0.4, -0.2) is 42.6 Å². The third-order valence-corrected chi connectivity index (χ3v) is 3.26. The molecular weight excluding hydrogens is 289 g/mol. The normalized spacial score (nSPS) is 14.2. The summed E-state index contributed by atoms with van der Waals surface area (Å²) in [7, 11) is 0. The molecule has 3 N–H and O–H groups in total. The summed E-state index contributed by atoms with van der Waals surface area (Å²) < 4.78 is 5.41. The van der Waals surface area contributed by atoms with Gasteiger partial charge < -0.3 is 20.3 Å². The Morgan fingerprint density at radius 2 is 2.00 bits per heavy atom. The van der Waals surface area contributed by atoms with Crippen LogP contribution < -0.4 is 10.1 Å². The lowest BCUT2D eigenvalue weighted by atomic mass is 10.2. The van der Waals surface area contributed by atoms with Gasteiger partial charge in [-0.15, -0.1) is 0 Å². The zero-order valence-corrected chi connectivity index (χ0v) is 12.3. The second-order valence-corrected chi connectivity index (χ2v) is 5.30. The van der Waals surface area contributed by atoms with Gasteiger partial charge in [-0.25, -0.2) is 0 Å². The second kappa shape index (κ2) is 8.61. The van der Waals surface area contributed by atoms with Crippen molar-refractivity contribution in [3.05, 3.63) is 28.2 Å². The van der Waals surface area contributed by atoms with Crippen LogP contribution >= 0.6 is 23.2 Å². The van der Waals surface area contributed by atoms with E-state index in [0.29, 0.717) is 28.9 Å². The molecule has 2 unspecified atom stereocenters. The van der Waals surface area contributed by atoms with Crippen LogP contribution in [0.5, 0.6) is 5.75 Å². The lowest BCUT2D eigenvalue weighted by Gasteiger charge is -2.15. The highest BCUT2D eigenvalue weighted by molar-refractivity contribution is 6.42. The first kappa shape index (κ1) is 16.5. The average Bonchev–Trinajstić information content (AvgIpc) is 2.40. The summed E-state index contributed by atoms with van der Waals surface area (Å²) in [5.74, 6) is 0.736. The molecule has 0 saturated carbocycles. The van der Waals surface area contributed by atoms with Crippen molar-refractivity contribution in [3.63, 3.8) is 0 Å². The van der Waals surface area contributed by atoms with E-state index >= 15 is 0 Å². The predicted octanol–water partition coefficient (Wildman–Crippen LogP) is 1.95. The molecule has 1 aromatic carbocycles. The van der Waals surface area contributed by atoms with E-state index in [2.05, 4.69) is 5.32 Å². The number of nitrogens with one attached hydrogen (secondary N) is 1. The quantitative estimate of drug-likeness (QED) is 0.687. The second-order valence-electron chi connectivity index (χ2n) is 4.49. The van der Waals surface area contributed by atoms with E-state index in [1.165, 1.54) is 0 Å². The number of aliphatic hydroxyl groups excluding tert-OH is 2. The number of rotatable bonds is 8. The SMILES string of the molecule is CC(CO)CNCC(O)COc1ccc(Cl)c(Cl)c1.